The number of benzene rings is 1. The number of imidazole rings is 1. The summed E-state index contributed by atoms with van der Waals surface area (Å²) in [7, 11) is 0. The summed E-state index contributed by atoms with van der Waals surface area (Å²) in [6.07, 6.45) is 7.24. The molecule has 0 bridgehead atoms. The minimum atomic E-state index is 0.795. The van der Waals surface area contributed by atoms with Gasteiger partial charge in [-0.1, -0.05) is 12.1 Å². The molecule has 3 heterocycles. The maximum absolute atomic E-state index is 4.44. The molecule has 0 radical (unpaired) electrons. The maximum Gasteiger partial charge on any atom is 0.153 e. The zero-order chi connectivity index (χ0) is 13.4. The number of hydrogen-bond acceptors (Lipinski definition) is 3. The molecule has 0 unspecified atom stereocenters. The molecule has 0 aliphatic heterocycles. The van der Waals surface area contributed by atoms with Gasteiger partial charge in [0.2, 0.25) is 0 Å². The summed E-state index contributed by atoms with van der Waals surface area (Å²) < 4.78 is 3.75. The van der Waals surface area contributed by atoms with Crippen molar-refractivity contribution in [3.8, 4) is 11.5 Å². The summed E-state index contributed by atoms with van der Waals surface area (Å²) in [6.45, 7) is 0. The molecule has 0 N–H and O–H groups in total. The van der Waals surface area contributed by atoms with Gasteiger partial charge < -0.3 is 0 Å². The molecule has 1 aromatic carbocycles. The van der Waals surface area contributed by atoms with E-state index in [9.17, 15) is 0 Å². The quantitative estimate of drug-likeness (QED) is 0.557. The van der Waals surface area contributed by atoms with E-state index < -0.39 is 0 Å². The summed E-state index contributed by atoms with van der Waals surface area (Å²) in [5.74, 6) is 0.795. The van der Waals surface area contributed by atoms with Crippen molar-refractivity contribution in [2.24, 2.45) is 0 Å². The van der Waals surface area contributed by atoms with Crippen molar-refractivity contribution >= 4 is 11.0 Å². The lowest BCUT2D eigenvalue weighted by Crippen LogP contribution is -1.99. The molecule has 0 saturated heterocycles. The fourth-order valence-electron chi connectivity index (χ4n) is 2.23. The van der Waals surface area contributed by atoms with Crippen molar-refractivity contribution in [1.82, 2.24) is 24.3 Å². The van der Waals surface area contributed by atoms with Crippen LogP contribution in [0, 0.1) is 0 Å². The Kier molecular flexibility index (Phi) is 2.35. The van der Waals surface area contributed by atoms with Crippen molar-refractivity contribution in [3.05, 3.63) is 67.4 Å². The molecular formula is C15H11N5. The van der Waals surface area contributed by atoms with Crippen LogP contribution < -0.4 is 0 Å². The lowest BCUT2D eigenvalue weighted by Gasteiger charge is -2.05. The molecule has 4 aromatic rings. The predicted molar refractivity (Wildman–Crippen MR) is 76.0 cm³/mol. The lowest BCUT2D eigenvalue weighted by atomic mass is 10.3. The van der Waals surface area contributed by atoms with Crippen LogP contribution in [0.4, 0.5) is 0 Å². The standard InChI is InChI=1S/C15H11N5/c1-2-5-14-13(4-1)17-11-19(14)12-6-7-15(16-10-12)20-9-3-8-18-20/h1-11H. The van der Waals surface area contributed by atoms with Crippen LogP contribution in [0.25, 0.3) is 22.5 Å². The highest BCUT2D eigenvalue weighted by Crippen LogP contribution is 2.17. The summed E-state index contributed by atoms with van der Waals surface area (Å²) in [4.78, 5) is 8.82. The van der Waals surface area contributed by atoms with Gasteiger partial charge in [0.25, 0.3) is 0 Å². The summed E-state index contributed by atoms with van der Waals surface area (Å²) in [6, 6.07) is 13.9. The second-order valence-electron chi connectivity index (χ2n) is 4.43. The van der Waals surface area contributed by atoms with E-state index in [-0.39, 0.29) is 0 Å². The molecule has 0 atom stereocenters. The van der Waals surface area contributed by atoms with Gasteiger partial charge in [-0.2, -0.15) is 5.10 Å². The molecule has 3 aromatic heterocycles. The number of rotatable bonds is 2. The van der Waals surface area contributed by atoms with Gasteiger partial charge in [0.15, 0.2) is 5.82 Å². The monoisotopic (exact) mass is 261 g/mol. The Bertz CT molecular complexity index is 844. The average molecular weight is 261 g/mol. The predicted octanol–water partition coefficient (Wildman–Crippen LogP) is 2.61. The van der Waals surface area contributed by atoms with Gasteiger partial charge in [0.1, 0.15) is 6.33 Å². The number of pyridine rings is 1. The van der Waals surface area contributed by atoms with Crippen LogP contribution in [0.15, 0.2) is 67.4 Å². The minimum absolute atomic E-state index is 0.795. The van der Waals surface area contributed by atoms with Crippen LogP contribution in [0.3, 0.4) is 0 Å². The van der Waals surface area contributed by atoms with Crippen molar-refractivity contribution in [2.75, 3.05) is 0 Å². The second-order valence-corrected chi connectivity index (χ2v) is 4.43. The minimum Gasteiger partial charge on any atom is -0.297 e. The topological polar surface area (TPSA) is 48.5 Å². The molecule has 0 spiro atoms. The highest BCUT2D eigenvalue weighted by atomic mass is 15.3. The molecule has 0 aliphatic carbocycles. The Labute approximate surface area is 115 Å². The van der Waals surface area contributed by atoms with Crippen LogP contribution in [0.1, 0.15) is 0 Å². The fourth-order valence-corrected chi connectivity index (χ4v) is 2.23. The third kappa shape index (κ3) is 1.68. The van der Waals surface area contributed by atoms with Gasteiger partial charge in [-0.05, 0) is 30.3 Å². The van der Waals surface area contributed by atoms with Crippen LogP contribution in [0.2, 0.25) is 0 Å². The smallest absolute Gasteiger partial charge is 0.153 e. The van der Waals surface area contributed by atoms with Crippen molar-refractivity contribution in [2.45, 2.75) is 0 Å². The summed E-state index contributed by atoms with van der Waals surface area (Å²) >= 11 is 0. The Morgan fingerprint density at radius 2 is 1.85 bits per heavy atom. The molecule has 5 nitrogen and oxygen atoms in total. The van der Waals surface area contributed by atoms with Gasteiger partial charge in [-0.3, -0.25) is 4.57 Å². The van der Waals surface area contributed by atoms with E-state index in [2.05, 4.69) is 15.1 Å². The van der Waals surface area contributed by atoms with Gasteiger partial charge in [0, 0.05) is 12.4 Å². The van der Waals surface area contributed by atoms with E-state index in [4.69, 9.17) is 0 Å². The third-order valence-corrected chi connectivity index (χ3v) is 3.20. The zero-order valence-electron chi connectivity index (χ0n) is 10.6. The summed E-state index contributed by atoms with van der Waals surface area (Å²) in [5, 5.41) is 4.16. The molecule has 0 fully saturated rings. The van der Waals surface area contributed by atoms with Crippen LogP contribution >= 0.6 is 0 Å². The van der Waals surface area contributed by atoms with Crippen molar-refractivity contribution in [3.63, 3.8) is 0 Å². The molecule has 0 aliphatic rings. The first-order valence-electron chi connectivity index (χ1n) is 6.30. The molecule has 0 amide bonds. The van der Waals surface area contributed by atoms with E-state index in [0.29, 0.717) is 0 Å². The second kappa shape index (κ2) is 4.31. The lowest BCUT2D eigenvalue weighted by molar-refractivity contribution is 0.844. The van der Waals surface area contributed by atoms with Crippen LogP contribution in [-0.2, 0) is 0 Å². The maximum atomic E-state index is 4.44. The Morgan fingerprint density at radius 1 is 0.900 bits per heavy atom. The first-order chi connectivity index (χ1) is 9.92. The number of aromatic nitrogens is 5. The first-order valence-corrected chi connectivity index (χ1v) is 6.30. The highest BCUT2D eigenvalue weighted by Gasteiger charge is 2.04. The number of nitrogens with zero attached hydrogens (tertiary/aromatic N) is 5. The number of para-hydroxylation sites is 2. The van der Waals surface area contributed by atoms with E-state index in [1.54, 1.807) is 10.9 Å². The molecular weight excluding hydrogens is 250 g/mol. The third-order valence-electron chi connectivity index (χ3n) is 3.20. The molecule has 96 valence electrons. The number of fused-ring (bicyclic) bond motifs is 1. The Morgan fingerprint density at radius 3 is 2.65 bits per heavy atom. The Hall–Kier alpha value is -2.95. The fraction of sp³-hybridized carbons (Fsp3) is 0. The first kappa shape index (κ1) is 10.9. The number of hydrogen-bond donors (Lipinski definition) is 0. The zero-order valence-corrected chi connectivity index (χ0v) is 10.6. The van der Waals surface area contributed by atoms with Gasteiger partial charge >= 0.3 is 0 Å². The summed E-state index contributed by atoms with van der Waals surface area (Å²) in [5.41, 5.74) is 3.03. The van der Waals surface area contributed by atoms with Crippen molar-refractivity contribution < 1.29 is 0 Å². The molecule has 4 rings (SSSR count). The van der Waals surface area contributed by atoms with E-state index >= 15 is 0 Å². The van der Waals surface area contributed by atoms with E-state index in [0.717, 1.165) is 22.5 Å². The molecule has 0 saturated carbocycles. The highest BCUT2D eigenvalue weighted by molar-refractivity contribution is 5.77. The molecule has 20 heavy (non-hydrogen) atoms. The normalized spacial score (nSPS) is 11.0. The van der Waals surface area contributed by atoms with Crippen molar-refractivity contribution in [1.29, 1.82) is 0 Å². The average Bonchev–Trinajstić information content (AvgIpc) is 3.17. The SMILES string of the molecule is c1ccc2c(c1)ncn2-c1ccc(-n2cccn2)nc1. The van der Waals surface area contributed by atoms with E-state index in [1.165, 1.54) is 0 Å². The molecule has 5 heteroatoms. The Balaban J connectivity index is 1.79. The van der Waals surface area contributed by atoms with E-state index in [1.807, 2.05) is 65.8 Å². The van der Waals surface area contributed by atoms with Gasteiger partial charge in [-0.15, -0.1) is 0 Å². The largest absolute Gasteiger partial charge is 0.297 e. The van der Waals surface area contributed by atoms with Crippen LogP contribution in [0.5, 0.6) is 0 Å². The van der Waals surface area contributed by atoms with Gasteiger partial charge in [-0.25, -0.2) is 14.6 Å². The van der Waals surface area contributed by atoms with Gasteiger partial charge in [0.05, 0.1) is 22.9 Å². The van der Waals surface area contributed by atoms with Crippen LogP contribution in [-0.4, -0.2) is 24.3 Å².